The second-order valence-electron chi connectivity index (χ2n) is 9.20. The number of anilines is 1. The number of nitrogens with one attached hydrogen (secondary N) is 2. The quantitative estimate of drug-likeness (QED) is 0.458. The lowest BCUT2D eigenvalue weighted by Crippen LogP contribution is -2.33. The number of nitrogens with zero attached hydrogens (tertiary/aromatic N) is 3. The number of carbonyl (C=O) groups is 1. The van der Waals surface area contributed by atoms with Crippen LogP contribution < -0.4 is 10.6 Å². The van der Waals surface area contributed by atoms with Gasteiger partial charge < -0.3 is 24.8 Å². The zero-order valence-electron chi connectivity index (χ0n) is 19.9. The zero-order chi connectivity index (χ0) is 24.2. The summed E-state index contributed by atoms with van der Waals surface area (Å²) in [5.74, 6) is -0.0357. The maximum Gasteiger partial charge on any atom is 0.226 e. The van der Waals surface area contributed by atoms with Gasteiger partial charge in [0, 0.05) is 49.9 Å². The molecule has 8 heteroatoms. The fourth-order valence-corrected chi connectivity index (χ4v) is 5.25. The van der Waals surface area contributed by atoms with E-state index in [0.29, 0.717) is 18.1 Å². The van der Waals surface area contributed by atoms with Crippen molar-refractivity contribution in [1.82, 2.24) is 19.8 Å². The van der Waals surface area contributed by atoms with Crippen LogP contribution in [0.15, 0.2) is 67.0 Å². The van der Waals surface area contributed by atoms with Crippen LogP contribution in [0.5, 0.6) is 0 Å². The van der Waals surface area contributed by atoms with E-state index < -0.39 is 0 Å². The summed E-state index contributed by atoms with van der Waals surface area (Å²) in [5, 5.41) is 7.11. The summed E-state index contributed by atoms with van der Waals surface area (Å²) in [4.78, 5) is 19.5. The highest BCUT2D eigenvalue weighted by atomic mass is 32.1. The van der Waals surface area contributed by atoms with Gasteiger partial charge in [0.05, 0.1) is 23.9 Å². The first-order chi connectivity index (χ1) is 17.1. The minimum Gasteiger partial charge on any atom is -0.376 e. The van der Waals surface area contributed by atoms with E-state index in [2.05, 4.69) is 43.4 Å². The van der Waals surface area contributed by atoms with Crippen molar-refractivity contribution in [3.63, 3.8) is 0 Å². The van der Waals surface area contributed by atoms with Crippen molar-refractivity contribution < 1.29 is 9.53 Å². The maximum atomic E-state index is 12.8. The van der Waals surface area contributed by atoms with E-state index in [1.807, 2.05) is 49.4 Å². The van der Waals surface area contributed by atoms with Crippen LogP contribution in [0.2, 0.25) is 0 Å². The summed E-state index contributed by atoms with van der Waals surface area (Å²) < 4.78 is 8.17. The summed E-state index contributed by atoms with van der Waals surface area (Å²) >= 11 is 5.77. The Morgan fingerprint density at radius 2 is 2.06 bits per heavy atom. The molecule has 2 aromatic heterocycles. The van der Waals surface area contributed by atoms with Crippen LogP contribution in [0.25, 0.3) is 0 Å². The number of aromatic nitrogens is 2. The number of benzene rings is 1. The fourth-order valence-electron chi connectivity index (χ4n) is 4.92. The molecule has 5 rings (SSSR count). The molecule has 0 aliphatic carbocycles. The highest BCUT2D eigenvalue weighted by molar-refractivity contribution is 7.80. The third kappa shape index (κ3) is 5.39. The summed E-state index contributed by atoms with van der Waals surface area (Å²) in [6.07, 6.45) is 6.65. The lowest BCUT2D eigenvalue weighted by molar-refractivity contribution is -0.116. The van der Waals surface area contributed by atoms with Gasteiger partial charge in [0.15, 0.2) is 5.11 Å². The molecule has 2 saturated heterocycles. The van der Waals surface area contributed by atoms with Crippen molar-refractivity contribution in [2.45, 2.75) is 50.9 Å². The van der Waals surface area contributed by atoms with E-state index in [-0.39, 0.29) is 24.1 Å². The number of pyridine rings is 1. The Hall–Kier alpha value is -3.23. The van der Waals surface area contributed by atoms with Gasteiger partial charge in [-0.1, -0.05) is 23.8 Å². The van der Waals surface area contributed by atoms with Crippen molar-refractivity contribution in [1.29, 1.82) is 0 Å². The average molecular weight is 490 g/mol. The Morgan fingerprint density at radius 3 is 2.80 bits per heavy atom. The summed E-state index contributed by atoms with van der Waals surface area (Å²) in [5.41, 5.74) is 4.03. The number of amides is 1. The van der Waals surface area contributed by atoms with Gasteiger partial charge in [0.25, 0.3) is 0 Å². The van der Waals surface area contributed by atoms with Crippen molar-refractivity contribution in [3.05, 3.63) is 83.9 Å². The Bertz CT molecular complexity index is 1160. The molecule has 1 amide bonds. The molecule has 2 aliphatic heterocycles. The molecule has 3 atom stereocenters. The molecular formula is C27H31N5O2S. The van der Waals surface area contributed by atoms with E-state index in [4.69, 9.17) is 17.0 Å². The van der Waals surface area contributed by atoms with Crippen molar-refractivity contribution >= 4 is 28.9 Å². The Kier molecular flexibility index (Phi) is 7.11. The molecule has 2 fully saturated rings. The van der Waals surface area contributed by atoms with Gasteiger partial charge in [-0.25, -0.2) is 0 Å². The van der Waals surface area contributed by atoms with Crippen LogP contribution in [0.4, 0.5) is 5.69 Å². The molecule has 0 spiro atoms. The van der Waals surface area contributed by atoms with Gasteiger partial charge in [-0.05, 0) is 68.4 Å². The Labute approximate surface area is 211 Å². The fraction of sp³-hybridized carbons (Fsp3) is 0.370. The number of ether oxygens (including phenoxy) is 1. The zero-order valence-corrected chi connectivity index (χ0v) is 20.7. The molecule has 4 heterocycles. The summed E-state index contributed by atoms with van der Waals surface area (Å²) in [6.45, 7) is 4.17. The summed E-state index contributed by atoms with van der Waals surface area (Å²) in [6, 6.07) is 17.8. The van der Waals surface area contributed by atoms with E-state index in [0.717, 1.165) is 48.6 Å². The number of carbonyl (C=O) groups excluding carboxylic acids is 1. The van der Waals surface area contributed by atoms with Crippen LogP contribution in [0, 0.1) is 6.92 Å². The van der Waals surface area contributed by atoms with Gasteiger partial charge in [-0.3, -0.25) is 9.78 Å². The van der Waals surface area contributed by atoms with Gasteiger partial charge in [0.1, 0.15) is 0 Å². The van der Waals surface area contributed by atoms with E-state index in [1.165, 1.54) is 0 Å². The topological polar surface area (TPSA) is 71.4 Å². The predicted octanol–water partition coefficient (Wildman–Crippen LogP) is 4.37. The molecule has 35 heavy (non-hydrogen) atoms. The highest BCUT2D eigenvalue weighted by Gasteiger charge is 2.41. The largest absolute Gasteiger partial charge is 0.376 e. The highest BCUT2D eigenvalue weighted by Crippen LogP contribution is 2.39. The van der Waals surface area contributed by atoms with Crippen LogP contribution >= 0.6 is 12.2 Å². The number of hydrogen-bond acceptors (Lipinski definition) is 4. The average Bonchev–Trinajstić information content (AvgIpc) is 3.61. The maximum absolute atomic E-state index is 12.8. The first-order valence-corrected chi connectivity index (χ1v) is 12.6. The molecule has 0 bridgehead atoms. The lowest BCUT2D eigenvalue weighted by Gasteiger charge is -2.29. The van der Waals surface area contributed by atoms with E-state index in [1.54, 1.807) is 6.20 Å². The van der Waals surface area contributed by atoms with Gasteiger partial charge in [-0.15, -0.1) is 0 Å². The van der Waals surface area contributed by atoms with Crippen molar-refractivity contribution in [3.8, 4) is 0 Å². The number of aryl methyl sites for hydroxylation is 1. The Balaban J connectivity index is 1.36. The minimum atomic E-state index is -0.109. The normalized spacial score (nSPS) is 21.8. The second kappa shape index (κ2) is 10.6. The first kappa shape index (κ1) is 23.5. The van der Waals surface area contributed by atoms with Crippen LogP contribution in [0.3, 0.4) is 0 Å². The molecule has 182 valence electrons. The SMILES string of the molecule is Cc1ccc(NC(=O)CCN2C(=S)N[C@H](c3ccccn3)[C@@H]2c2cccn2C[C@@H]2CCCO2)cc1. The standard InChI is InChI=1S/C27H31N5O2S/c1-19-9-11-20(12-10-19)29-24(33)13-16-32-26(25(30-27(32)35)22-7-2-3-14-28-22)23-8-4-15-31(23)18-21-6-5-17-34-21/h2-4,7-12,14-15,21,25-26H,5-6,13,16-18H2,1H3,(H,29,33)(H,30,35)/t21-,25+,26-/m0/s1. The molecule has 0 radical (unpaired) electrons. The lowest BCUT2D eigenvalue weighted by atomic mass is 10.0. The molecule has 0 unspecified atom stereocenters. The Morgan fingerprint density at radius 1 is 1.20 bits per heavy atom. The predicted molar refractivity (Wildman–Crippen MR) is 140 cm³/mol. The third-order valence-electron chi connectivity index (χ3n) is 6.70. The van der Waals surface area contributed by atoms with Crippen LogP contribution in [-0.2, 0) is 16.1 Å². The number of rotatable bonds is 8. The van der Waals surface area contributed by atoms with E-state index >= 15 is 0 Å². The first-order valence-electron chi connectivity index (χ1n) is 12.2. The second-order valence-corrected chi connectivity index (χ2v) is 9.59. The molecule has 1 aromatic carbocycles. The minimum absolute atomic E-state index is 0.0357. The molecule has 0 saturated carbocycles. The van der Waals surface area contributed by atoms with Crippen molar-refractivity contribution in [2.75, 3.05) is 18.5 Å². The van der Waals surface area contributed by atoms with Gasteiger partial charge in [0.2, 0.25) is 5.91 Å². The smallest absolute Gasteiger partial charge is 0.226 e. The molecule has 2 N–H and O–H groups in total. The third-order valence-corrected chi connectivity index (χ3v) is 7.06. The van der Waals surface area contributed by atoms with Gasteiger partial charge >= 0.3 is 0 Å². The van der Waals surface area contributed by atoms with Crippen molar-refractivity contribution in [2.24, 2.45) is 0 Å². The molecule has 2 aliphatic rings. The molecule has 7 nitrogen and oxygen atoms in total. The van der Waals surface area contributed by atoms with Crippen LogP contribution in [-0.4, -0.2) is 44.7 Å². The number of thiocarbonyl (C=S) groups is 1. The molecular weight excluding hydrogens is 458 g/mol. The van der Waals surface area contributed by atoms with Gasteiger partial charge in [-0.2, -0.15) is 0 Å². The summed E-state index contributed by atoms with van der Waals surface area (Å²) in [7, 11) is 0. The number of hydrogen-bond donors (Lipinski definition) is 2. The van der Waals surface area contributed by atoms with Crippen LogP contribution in [0.1, 0.15) is 48.3 Å². The monoisotopic (exact) mass is 489 g/mol. The molecule has 3 aromatic rings. The van der Waals surface area contributed by atoms with E-state index in [9.17, 15) is 4.79 Å².